The fourth-order valence-corrected chi connectivity index (χ4v) is 3.67. The number of aryl methyl sites for hydroxylation is 2. The molecule has 144 valence electrons. The maximum atomic E-state index is 12.4. The molecule has 28 heavy (non-hydrogen) atoms. The van der Waals surface area contributed by atoms with E-state index in [9.17, 15) is 9.59 Å². The Morgan fingerprint density at radius 3 is 2.61 bits per heavy atom. The van der Waals surface area contributed by atoms with Crippen LogP contribution in [0.15, 0.2) is 58.5 Å². The first-order valence-corrected chi connectivity index (χ1v) is 10.1. The normalized spacial score (nSPS) is 10.7. The van der Waals surface area contributed by atoms with Crippen molar-refractivity contribution < 1.29 is 4.79 Å². The van der Waals surface area contributed by atoms with E-state index < -0.39 is 0 Å². The Labute approximate surface area is 172 Å². The maximum Gasteiger partial charge on any atom is 0.255 e. The lowest BCUT2D eigenvalue weighted by molar-refractivity contribution is -0.115. The van der Waals surface area contributed by atoms with Crippen molar-refractivity contribution in [3.8, 4) is 0 Å². The first-order chi connectivity index (χ1) is 13.4. The largest absolute Gasteiger partial charge is 0.326 e. The summed E-state index contributed by atoms with van der Waals surface area (Å²) in [7, 11) is 0. The topological polar surface area (TPSA) is 74.8 Å². The lowest BCUT2D eigenvalue weighted by Crippen LogP contribution is -2.23. The van der Waals surface area contributed by atoms with E-state index in [2.05, 4.69) is 15.3 Å². The van der Waals surface area contributed by atoms with Gasteiger partial charge in [-0.25, -0.2) is 4.98 Å². The second kappa shape index (κ2) is 9.08. The first kappa shape index (κ1) is 20.2. The number of nitrogens with zero attached hydrogens (tertiary/aromatic N) is 1. The fourth-order valence-electron chi connectivity index (χ4n) is 2.62. The molecule has 0 unspecified atom stereocenters. The van der Waals surface area contributed by atoms with Crippen LogP contribution in [0.3, 0.4) is 0 Å². The number of benzene rings is 2. The molecule has 7 heteroatoms. The summed E-state index contributed by atoms with van der Waals surface area (Å²) in [5.41, 5.74) is 3.29. The zero-order chi connectivity index (χ0) is 20.1. The van der Waals surface area contributed by atoms with Crippen LogP contribution >= 0.6 is 23.4 Å². The molecular formula is C21H20ClN3O2S. The number of carbonyl (C=O) groups excluding carboxylic acids is 1. The van der Waals surface area contributed by atoms with Crippen LogP contribution in [0.1, 0.15) is 22.4 Å². The van der Waals surface area contributed by atoms with Gasteiger partial charge in [-0.3, -0.25) is 9.59 Å². The highest BCUT2D eigenvalue weighted by molar-refractivity contribution is 7.98. The summed E-state index contributed by atoms with van der Waals surface area (Å²) in [5.74, 6) is 0.414. The van der Waals surface area contributed by atoms with Gasteiger partial charge in [0.05, 0.1) is 6.42 Å². The van der Waals surface area contributed by atoms with Crippen molar-refractivity contribution in [2.45, 2.75) is 31.2 Å². The number of amides is 1. The number of thioether (sulfide) groups is 1. The SMILES string of the molecule is Cc1ccc(NC(=O)Cc2c(C)nc(SCc3ccccc3)[nH]c2=O)cc1Cl. The third-order valence-corrected chi connectivity index (χ3v) is 5.56. The molecule has 0 bridgehead atoms. The quantitative estimate of drug-likeness (QED) is 0.460. The molecule has 1 aromatic heterocycles. The van der Waals surface area contributed by atoms with Crippen LogP contribution in [0.25, 0.3) is 0 Å². The number of halogens is 1. The summed E-state index contributed by atoms with van der Waals surface area (Å²) >= 11 is 7.53. The number of H-pyrrole nitrogens is 1. The molecule has 1 heterocycles. The molecule has 0 aliphatic carbocycles. The number of rotatable bonds is 6. The molecule has 0 fully saturated rings. The lowest BCUT2D eigenvalue weighted by atomic mass is 10.1. The van der Waals surface area contributed by atoms with Crippen LogP contribution in [-0.4, -0.2) is 15.9 Å². The van der Waals surface area contributed by atoms with E-state index in [-0.39, 0.29) is 17.9 Å². The summed E-state index contributed by atoms with van der Waals surface area (Å²) in [5, 5.41) is 3.88. The average molecular weight is 414 g/mol. The second-order valence-corrected chi connectivity index (χ2v) is 7.77. The number of hydrogen-bond acceptors (Lipinski definition) is 4. The average Bonchev–Trinajstić information content (AvgIpc) is 2.67. The number of aromatic nitrogens is 2. The van der Waals surface area contributed by atoms with E-state index in [0.29, 0.717) is 32.9 Å². The Hall–Kier alpha value is -2.57. The van der Waals surface area contributed by atoms with Gasteiger partial charge in [0.1, 0.15) is 0 Å². The van der Waals surface area contributed by atoms with Gasteiger partial charge in [0.15, 0.2) is 5.16 Å². The van der Waals surface area contributed by atoms with E-state index in [1.54, 1.807) is 19.1 Å². The van der Waals surface area contributed by atoms with Gasteiger partial charge in [0, 0.05) is 27.7 Å². The molecule has 2 aromatic carbocycles. The number of hydrogen-bond donors (Lipinski definition) is 2. The van der Waals surface area contributed by atoms with Crippen LogP contribution in [-0.2, 0) is 17.0 Å². The third-order valence-electron chi connectivity index (χ3n) is 4.21. The van der Waals surface area contributed by atoms with Crippen LogP contribution in [0.4, 0.5) is 5.69 Å². The third kappa shape index (κ3) is 5.24. The molecule has 0 atom stereocenters. The van der Waals surface area contributed by atoms with Crippen molar-refractivity contribution in [3.05, 3.63) is 86.3 Å². The summed E-state index contributed by atoms with van der Waals surface area (Å²) in [6, 6.07) is 15.2. The molecular weight excluding hydrogens is 394 g/mol. The van der Waals surface area contributed by atoms with E-state index in [4.69, 9.17) is 11.6 Å². The van der Waals surface area contributed by atoms with Crippen molar-refractivity contribution >= 4 is 35.0 Å². The molecule has 0 saturated carbocycles. The maximum absolute atomic E-state index is 12.4. The minimum atomic E-state index is -0.292. The Bertz CT molecular complexity index is 1050. The second-order valence-electron chi connectivity index (χ2n) is 6.40. The van der Waals surface area contributed by atoms with E-state index >= 15 is 0 Å². The van der Waals surface area contributed by atoms with Gasteiger partial charge < -0.3 is 10.3 Å². The molecule has 0 radical (unpaired) electrons. The number of anilines is 1. The molecule has 0 spiro atoms. The fraction of sp³-hybridized carbons (Fsp3) is 0.190. The Balaban J connectivity index is 1.67. The van der Waals surface area contributed by atoms with Gasteiger partial charge >= 0.3 is 0 Å². The van der Waals surface area contributed by atoms with Crippen molar-refractivity contribution in [3.63, 3.8) is 0 Å². The summed E-state index contributed by atoms with van der Waals surface area (Å²) in [6.45, 7) is 3.63. The van der Waals surface area contributed by atoms with Crippen LogP contribution < -0.4 is 10.9 Å². The van der Waals surface area contributed by atoms with Gasteiger partial charge in [-0.2, -0.15) is 0 Å². The highest BCUT2D eigenvalue weighted by atomic mass is 35.5. The zero-order valence-corrected chi connectivity index (χ0v) is 17.2. The summed E-state index contributed by atoms with van der Waals surface area (Å²) in [4.78, 5) is 32.0. The smallest absolute Gasteiger partial charge is 0.255 e. The van der Waals surface area contributed by atoms with Crippen LogP contribution in [0.2, 0.25) is 5.02 Å². The Morgan fingerprint density at radius 2 is 1.93 bits per heavy atom. The number of aromatic amines is 1. The molecule has 0 saturated heterocycles. The van der Waals surface area contributed by atoms with E-state index in [0.717, 1.165) is 11.1 Å². The van der Waals surface area contributed by atoms with Crippen molar-refractivity contribution in [1.82, 2.24) is 9.97 Å². The number of carbonyl (C=O) groups is 1. The predicted molar refractivity (Wildman–Crippen MR) is 114 cm³/mol. The monoisotopic (exact) mass is 413 g/mol. The predicted octanol–water partition coefficient (Wildman–Crippen LogP) is 4.51. The Morgan fingerprint density at radius 1 is 1.18 bits per heavy atom. The molecule has 3 rings (SSSR count). The highest BCUT2D eigenvalue weighted by Crippen LogP contribution is 2.21. The minimum Gasteiger partial charge on any atom is -0.326 e. The molecule has 1 amide bonds. The van der Waals surface area contributed by atoms with Gasteiger partial charge in [0.2, 0.25) is 5.91 Å². The van der Waals surface area contributed by atoms with Crippen molar-refractivity contribution in [2.24, 2.45) is 0 Å². The van der Waals surface area contributed by atoms with E-state index in [1.165, 1.54) is 11.8 Å². The van der Waals surface area contributed by atoms with Gasteiger partial charge in [-0.1, -0.05) is 59.8 Å². The molecule has 3 aromatic rings. The van der Waals surface area contributed by atoms with Crippen LogP contribution in [0.5, 0.6) is 0 Å². The number of nitrogens with one attached hydrogen (secondary N) is 2. The minimum absolute atomic E-state index is 0.0523. The summed E-state index contributed by atoms with van der Waals surface area (Å²) in [6.07, 6.45) is -0.0523. The van der Waals surface area contributed by atoms with Crippen molar-refractivity contribution in [2.75, 3.05) is 5.32 Å². The molecule has 2 N–H and O–H groups in total. The van der Waals surface area contributed by atoms with Gasteiger partial charge in [0.25, 0.3) is 5.56 Å². The lowest BCUT2D eigenvalue weighted by Gasteiger charge is -2.09. The first-order valence-electron chi connectivity index (χ1n) is 8.75. The van der Waals surface area contributed by atoms with Crippen LogP contribution in [0, 0.1) is 13.8 Å². The van der Waals surface area contributed by atoms with E-state index in [1.807, 2.05) is 43.3 Å². The van der Waals surface area contributed by atoms with Gasteiger partial charge in [-0.15, -0.1) is 0 Å². The zero-order valence-electron chi connectivity index (χ0n) is 15.6. The van der Waals surface area contributed by atoms with Gasteiger partial charge in [-0.05, 0) is 37.1 Å². The van der Waals surface area contributed by atoms with Crippen molar-refractivity contribution in [1.29, 1.82) is 0 Å². The molecule has 0 aliphatic heterocycles. The standard InChI is InChI=1S/C21H20ClN3O2S/c1-13-8-9-16(10-18(13)22)24-19(26)11-17-14(2)23-21(25-20(17)27)28-12-15-6-4-3-5-7-15/h3-10H,11-12H2,1-2H3,(H,24,26)(H,23,25,27). The summed E-state index contributed by atoms with van der Waals surface area (Å²) < 4.78 is 0. The molecule has 0 aliphatic rings. The molecule has 5 nitrogen and oxygen atoms in total. The Kier molecular flexibility index (Phi) is 6.54. The highest BCUT2D eigenvalue weighted by Gasteiger charge is 2.13.